The van der Waals surface area contributed by atoms with E-state index in [4.69, 9.17) is 0 Å². The van der Waals surface area contributed by atoms with Crippen molar-refractivity contribution in [3.63, 3.8) is 0 Å². The van der Waals surface area contributed by atoms with Crippen molar-refractivity contribution in [1.82, 2.24) is 9.88 Å². The molecule has 0 saturated carbocycles. The summed E-state index contributed by atoms with van der Waals surface area (Å²) in [5.41, 5.74) is 1.36. The van der Waals surface area contributed by atoms with E-state index in [1.807, 2.05) is 6.20 Å². The van der Waals surface area contributed by atoms with E-state index in [9.17, 15) is 0 Å². The molecule has 0 bridgehead atoms. The molecule has 0 aliphatic carbocycles. The van der Waals surface area contributed by atoms with E-state index in [2.05, 4.69) is 48.1 Å². The Morgan fingerprint density at radius 3 is 2.37 bits per heavy atom. The van der Waals surface area contributed by atoms with E-state index in [1.165, 1.54) is 44.3 Å². The molecule has 0 saturated heterocycles. The maximum atomic E-state index is 4.33. The van der Waals surface area contributed by atoms with E-state index >= 15 is 0 Å². The minimum atomic E-state index is 0.922. The summed E-state index contributed by atoms with van der Waals surface area (Å²) in [5, 5.41) is 3.28. The Hall–Kier alpha value is -1.09. The summed E-state index contributed by atoms with van der Waals surface area (Å²) in [6, 6.07) is 4.31. The monoisotopic (exact) mass is 263 g/mol. The Bertz CT molecular complexity index is 331. The quantitative estimate of drug-likeness (QED) is 0.693. The van der Waals surface area contributed by atoms with Gasteiger partial charge in [-0.15, -0.1) is 0 Å². The van der Waals surface area contributed by atoms with Gasteiger partial charge in [0.1, 0.15) is 5.82 Å². The second-order valence-electron chi connectivity index (χ2n) is 5.06. The lowest BCUT2D eigenvalue weighted by Crippen LogP contribution is -2.25. The predicted octanol–water partition coefficient (Wildman–Crippen LogP) is 3.92. The molecular weight excluding hydrogens is 234 g/mol. The van der Waals surface area contributed by atoms with Crippen molar-refractivity contribution >= 4 is 5.82 Å². The van der Waals surface area contributed by atoms with E-state index < -0.39 is 0 Å². The number of hydrogen-bond acceptors (Lipinski definition) is 3. The second kappa shape index (κ2) is 9.79. The summed E-state index contributed by atoms with van der Waals surface area (Å²) < 4.78 is 0. The fraction of sp³-hybridized carbons (Fsp3) is 0.688. The molecule has 108 valence electrons. The highest BCUT2D eigenvalue weighted by molar-refractivity contribution is 5.37. The van der Waals surface area contributed by atoms with Crippen LogP contribution in [0.15, 0.2) is 18.3 Å². The van der Waals surface area contributed by atoms with Gasteiger partial charge in [-0.3, -0.25) is 4.90 Å². The molecule has 0 aliphatic heterocycles. The number of rotatable bonds is 10. The topological polar surface area (TPSA) is 28.2 Å². The van der Waals surface area contributed by atoms with Crippen molar-refractivity contribution < 1.29 is 0 Å². The van der Waals surface area contributed by atoms with Gasteiger partial charge < -0.3 is 5.32 Å². The van der Waals surface area contributed by atoms with Crippen molar-refractivity contribution in [2.24, 2.45) is 0 Å². The Morgan fingerprint density at radius 2 is 1.79 bits per heavy atom. The summed E-state index contributed by atoms with van der Waals surface area (Å²) >= 11 is 0. The van der Waals surface area contributed by atoms with Gasteiger partial charge in [-0.1, -0.05) is 26.7 Å². The lowest BCUT2D eigenvalue weighted by atomic mass is 10.2. The molecule has 0 radical (unpaired) electrons. The Balaban J connectivity index is 2.57. The maximum absolute atomic E-state index is 4.33. The summed E-state index contributed by atoms with van der Waals surface area (Å²) in [5.74, 6) is 0.992. The number of anilines is 1. The molecule has 0 aliphatic rings. The number of unbranched alkanes of at least 4 members (excludes halogenated alkanes) is 2. The molecule has 0 spiro atoms. The van der Waals surface area contributed by atoms with Crippen molar-refractivity contribution in [2.75, 3.05) is 25.0 Å². The van der Waals surface area contributed by atoms with Gasteiger partial charge in [0.25, 0.3) is 0 Å². The number of nitrogens with one attached hydrogen (secondary N) is 1. The van der Waals surface area contributed by atoms with E-state index in [0.29, 0.717) is 0 Å². The first-order valence-corrected chi connectivity index (χ1v) is 7.71. The number of hydrogen-bond donors (Lipinski definition) is 1. The van der Waals surface area contributed by atoms with Crippen LogP contribution in [0, 0.1) is 0 Å². The lowest BCUT2D eigenvalue weighted by Gasteiger charge is -2.22. The minimum absolute atomic E-state index is 0.922. The minimum Gasteiger partial charge on any atom is -0.370 e. The van der Waals surface area contributed by atoms with E-state index in [-0.39, 0.29) is 0 Å². The Labute approximate surface area is 118 Å². The molecule has 3 heteroatoms. The highest BCUT2D eigenvalue weighted by atomic mass is 15.1. The number of pyridine rings is 1. The van der Waals surface area contributed by atoms with Crippen LogP contribution in [0.5, 0.6) is 0 Å². The Kier molecular flexibility index (Phi) is 8.23. The van der Waals surface area contributed by atoms with Crippen LogP contribution < -0.4 is 5.32 Å². The summed E-state index contributed by atoms with van der Waals surface area (Å²) in [4.78, 5) is 6.90. The summed E-state index contributed by atoms with van der Waals surface area (Å²) in [6.45, 7) is 11.0. The standard InChI is InChI=1S/C16H29N3/c1-4-7-11-19(12-8-5-2)14-15-9-10-18-16(13-15)17-6-3/h9-10,13H,4-8,11-12,14H2,1-3H3,(H,17,18). The molecular formula is C16H29N3. The third-order valence-corrected chi connectivity index (χ3v) is 3.24. The second-order valence-corrected chi connectivity index (χ2v) is 5.06. The zero-order valence-electron chi connectivity index (χ0n) is 12.8. The summed E-state index contributed by atoms with van der Waals surface area (Å²) in [6.07, 6.45) is 7.01. The number of aromatic nitrogens is 1. The molecule has 0 unspecified atom stereocenters. The van der Waals surface area contributed by atoms with Gasteiger partial charge in [0.15, 0.2) is 0 Å². The van der Waals surface area contributed by atoms with Crippen molar-refractivity contribution in [3.8, 4) is 0 Å². The van der Waals surface area contributed by atoms with Crippen LogP contribution in [0.25, 0.3) is 0 Å². The SMILES string of the molecule is CCCCN(CCCC)Cc1ccnc(NCC)c1. The first-order valence-electron chi connectivity index (χ1n) is 7.71. The average molecular weight is 263 g/mol. The van der Waals surface area contributed by atoms with Gasteiger partial charge in [0.2, 0.25) is 0 Å². The molecule has 1 rings (SSSR count). The highest BCUT2D eigenvalue weighted by Crippen LogP contribution is 2.11. The van der Waals surface area contributed by atoms with Crippen molar-refractivity contribution in [2.45, 2.75) is 53.0 Å². The van der Waals surface area contributed by atoms with Crippen LogP contribution in [0.1, 0.15) is 52.0 Å². The molecule has 0 amide bonds. The molecule has 19 heavy (non-hydrogen) atoms. The van der Waals surface area contributed by atoms with Crippen LogP contribution in [0.2, 0.25) is 0 Å². The van der Waals surface area contributed by atoms with Gasteiger partial charge in [-0.2, -0.15) is 0 Å². The number of nitrogens with zero attached hydrogens (tertiary/aromatic N) is 2. The first-order chi connectivity index (χ1) is 9.30. The molecule has 0 atom stereocenters. The van der Waals surface area contributed by atoms with Crippen LogP contribution in [0.3, 0.4) is 0 Å². The molecule has 1 N–H and O–H groups in total. The van der Waals surface area contributed by atoms with Gasteiger partial charge in [0, 0.05) is 19.3 Å². The lowest BCUT2D eigenvalue weighted by molar-refractivity contribution is 0.257. The van der Waals surface area contributed by atoms with E-state index in [1.54, 1.807) is 0 Å². The van der Waals surface area contributed by atoms with Crippen LogP contribution in [-0.2, 0) is 6.54 Å². The van der Waals surface area contributed by atoms with Gasteiger partial charge in [-0.25, -0.2) is 4.98 Å². The van der Waals surface area contributed by atoms with Crippen molar-refractivity contribution in [1.29, 1.82) is 0 Å². The normalized spacial score (nSPS) is 10.9. The van der Waals surface area contributed by atoms with Crippen LogP contribution >= 0.6 is 0 Å². The summed E-state index contributed by atoms with van der Waals surface area (Å²) in [7, 11) is 0. The third-order valence-electron chi connectivity index (χ3n) is 3.24. The van der Waals surface area contributed by atoms with Crippen molar-refractivity contribution in [3.05, 3.63) is 23.9 Å². The third kappa shape index (κ3) is 6.58. The zero-order chi connectivity index (χ0) is 13.9. The van der Waals surface area contributed by atoms with Gasteiger partial charge in [-0.05, 0) is 50.6 Å². The average Bonchev–Trinajstić information content (AvgIpc) is 2.42. The fourth-order valence-corrected chi connectivity index (χ4v) is 2.14. The molecule has 1 aromatic heterocycles. The van der Waals surface area contributed by atoms with Gasteiger partial charge >= 0.3 is 0 Å². The first kappa shape index (κ1) is 16.0. The largest absolute Gasteiger partial charge is 0.370 e. The van der Waals surface area contributed by atoms with E-state index in [0.717, 1.165) is 18.9 Å². The molecule has 0 fully saturated rings. The zero-order valence-corrected chi connectivity index (χ0v) is 12.8. The van der Waals surface area contributed by atoms with Crippen LogP contribution in [0.4, 0.5) is 5.82 Å². The maximum Gasteiger partial charge on any atom is 0.126 e. The Morgan fingerprint density at radius 1 is 1.11 bits per heavy atom. The molecule has 1 aromatic rings. The smallest absolute Gasteiger partial charge is 0.126 e. The molecule has 3 nitrogen and oxygen atoms in total. The van der Waals surface area contributed by atoms with Crippen LogP contribution in [-0.4, -0.2) is 29.5 Å². The molecule has 1 heterocycles. The fourth-order valence-electron chi connectivity index (χ4n) is 2.14. The highest BCUT2D eigenvalue weighted by Gasteiger charge is 2.06. The molecule has 0 aromatic carbocycles. The predicted molar refractivity (Wildman–Crippen MR) is 83.5 cm³/mol. The van der Waals surface area contributed by atoms with Gasteiger partial charge in [0.05, 0.1) is 0 Å².